The molecule has 0 N–H and O–H groups in total. The molecule has 3 nitrogen and oxygen atoms in total. The van der Waals surface area contributed by atoms with Crippen LogP contribution < -0.4 is 0 Å². The number of hydrogen-bond acceptors (Lipinski definition) is 3. The molecule has 1 atom stereocenters. The van der Waals surface area contributed by atoms with Gasteiger partial charge in [-0.3, -0.25) is 0 Å². The van der Waals surface area contributed by atoms with Gasteiger partial charge >= 0.3 is 0 Å². The molecule has 1 saturated heterocycles. The molecule has 0 amide bonds. The number of piperidine rings is 1. The maximum atomic E-state index is 11.1. The first-order chi connectivity index (χ1) is 10.1. The Morgan fingerprint density at radius 3 is 2.62 bits per heavy atom. The largest absolute Gasteiger partial charge is 0.303 e. The van der Waals surface area contributed by atoms with Crippen molar-refractivity contribution < 1.29 is 8.42 Å². The van der Waals surface area contributed by atoms with Crippen LogP contribution in [0.1, 0.15) is 51.0 Å². The van der Waals surface area contributed by atoms with Gasteiger partial charge in [-0.2, -0.15) is 0 Å². The van der Waals surface area contributed by atoms with E-state index in [0.29, 0.717) is 10.8 Å². The summed E-state index contributed by atoms with van der Waals surface area (Å²) in [6.45, 7) is 8.05. The zero-order valence-electron chi connectivity index (χ0n) is 13.1. The van der Waals surface area contributed by atoms with E-state index in [2.05, 4.69) is 24.8 Å². The fraction of sp³-hybridized carbons (Fsp3) is 0.647. The van der Waals surface area contributed by atoms with Gasteiger partial charge in [0.05, 0.1) is 4.90 Å². The summed E-state index contributed by atoms with van der Waals surface area (Å²) in [5.41, 5.74) is 1.19. The van der Waals surface area contributed by atoms with Crippen LogP contribution in [0, 0.1) is 5.92 Å². The molecule has 0 spiro atoms. The van der Waals surface area contributed by atoms with E-state index in [1.54, 1.807) is 6.07 Å². The Labute approximate surface area is 130 Å². The molecule has 118 valence electrons. The first-order valence-electron chi connectivity index (χ1n) is 8.06. The lowest BCUT2D eigenvalue weighted by molar-refractivity contribution is 0.183. The van der Waals surface area contributed by atoms with Crippen LogP contribution in [0.5, 0.6) is 0 Å². The highest BCUT2D eigenvalue weighted by Gasteiger charge is 2.21. The van der Waals surface area contributed by atoms with E-state index in [0.717, 1.165) is 31.8 Å². The molecule has 0 radical (unpaired) electrons. The van der Waals surface area contributed by atoms with Gasteiger partial charge in [0.2, 0.25) is 0 Å². The Balaban J connectivity index is 1.90. The van der Waals surface area contributed by atoms with Crippen molar-refractivity contribution in [1.82, 2.24) is 4.90 Å². The van der Waals surface area contributed by atoms with Crippen molar-refractivity contribution in [2.75, 3.05) is 19.6 Å². The molecule has 1 aromatic carbocycles. The smallest absolute Gasteiger partial charge is 0.168 e. The molecule has 1 aliphatic rings. The number of likely N-dealkylation sites (tertiary alicyclic amines) is 1. The number of thiol groups is 1. The number of hydrogen-bond donors (Lipinski definition) is 1. The number of rotatable bonds is 6. The van der Waals surface area contributed by atoms with Crippen molar-refractivity contribution in [3.05, 3.63) is 29.8 Å². The quantitative estimate of drug-likeness (QED) is 0.820. The first kappa shape index (κ1) is 16.5. The van der Waals surface area contributed by atoms with Crippen molar-refractivity contribution >= 4 is 10.7 Å². The standard InChI is InChI=1S/C17H27NO2S/c1-3-5-14(2)13-18-10-8-15(9-11-18)16-6-4-7-17(12-16)21(19)20/h4,6-7,12,14-15,21H,3,5,8-11,13H2,1-2H3. The zero-order chi connectivity index (χ0) is 15.2. The number of nitrogens with zero attached hydrogens (tertiary/aromatic N) is 1. The summed E-state index contributed by atoms with van der Waals surface area (Å²) >= 11 is 0. The van der Waals surface area contributed by atoms with Crippen LogP contribution in [0.3, 0.4) is 0 Å². The second-order valence-corrected chi connectivity index (χ2v) is 7.35. The van der Waals surface area contributed by atoms with Crippen LogP contribution in [0.15, 0.2) is 29.2 Å². The van der Waals surface area contributed by atoms with Gasteiger partial charge in [0.1, 0.15) is 0 Å². The second-order valence-electron chi connectivity index (χ2n) is 6.32. The lowest BCUT2D eigenvalue weighted by atomic mass is 9.89. The van der Waals surface area contributed by atoms with Crippen molar-refractivity contribution in [1.29, 1.82) is 0 Å². The van der Waals surface area contributed by atoms with Crippen molar-refractivity contribution in [2.24, 2.45) is 5.92 Å². The average Bonchev–Trinajstić information content (AvgIpc) is 2.48. The molecule has 1 aromatic rings. The Hall–Kier alpha value is -0.870. The molecule has 1 unspecified atom stereocenters. The molecule has 0 saturated carbocycles. The Morgan fingerprint density at radius 1 is 1.29 bits per heavy atom. The van der Waals surface area contributed by atoms with E-state index in [4.69, 9.17) is 0 Å². The van der Waals surface area contributed by atoms with E-state index >= 15 is 0 Å². The normalized spacial score (nSPS) is 19.0. The van der Waals surface area contributed by atoms with Gasteiger partial charge in [0.15, 0.2) is 10.7 Å². The topological polar surface area (TPSA) is 37.4 Å². The molecule has 0 aliphatic carbocycles. The molecule has 4 heteroatoms. The summed E-state index contributed by atoms with van der Waals surface area (Å²) in [7, 11) is -2.47. The molecule has 21 heavy (non-hydrogen) atoms. The average molecular weight is 309 g/mol. The Bertz CT molecular complexity index is 511. The third kappa shape index (κ3) is 4.82. The minimum Gasteiger partial charge on any atom is -0.303 e. The SMILES string of the molecule is CCCC(C)CN1CCC(c2cccc([SH](=O)=O)c2)CC1. The predicted molar refractivity (Wildman–Crippen MR) is 87.5 cm³/mol. The predicted octanol–water partition coefficient (Wildman–Crippen LogP) is 3.27. The molecule has 1 heterocycles. The van der Waals surface area contributed by atoms with E-state index in [1.165, 1.54) is 24.9 Å². The fourth-order valence-corrected chi connectivity index (χ4v) is 3.83. The van der Waals surface area contributed by atoms with Gasteiger partial charge < -0.3 is 4.90 Å². The van der Waals surface area contributed by atoms with Gasteiger partial charge in [-0.15, -0.1) is 0 Å². The molecule has 1 aliphatic heterocycles. The van der Waals surface area contributed by atoms with E-state index < -0.39 is 10.7 Å². The summed E-state index contributed by atoms with van der Waals surface area (Å²) in [6.07, 6.45) is 4.84. The molecule has 2 rings (SSSR count). The molecular weight excluding hydrogens is 282 g/mol. The first-order valence-corrected chi connectivity index (χ1v) is 9.24. The van der Waals surface area contributed by atoms with Crippen molar-refractivity contribution in [3.63, 3.8) is 0 Å². The van der Waals surface area contributed by atoms with Crippen LogP contribution in [0.25, 0.3) is 0 Å². The number of benzene rings is 1. The van der Waals surface area contributed by atoms with Gasteiger partial charge in [0.25, 0.3) is 0 Å². The molecule has 1 fully saturated rings. The van der Waals surface area contributed by atoms with Crippen LogP contribution in [-0.2, 0) is 10.7 Å². The van der Waals surface area contributed by atoms with E-state index in [1.807, 2.05) is 12.1 Å². The van der Waals surface area contributed by atoms with Crippen LogP contribution in [0.4, 0.5) is 0 Å². The molecular formula is C17H27NO2S. The van der Waals surface area contributed by atoms with Crippen LogP contribution in [0.2, 0.25) is 0 Å². The van der Waals surface area contributed by atoms with Gasteiger partial charge in [-0.05, 0) is 61.9 Å². The van der Waals surface area contributed by atoms with Gasteiger partial charge in [0, 0.05) is 6.54 Å². The Morgan fingerprint density at radius 2 is 2.00 bits per heavy atom. The minimum absolute atomic E-state index is 0.446. The molecule has 0 bridgehead atoms. The molecule has 0 aromatic heterocycles. The van der Waals surface area contributed by atoms with E-state index in [9.17, 15) is 8.42 Å². The fourth-order valence-electron chi connectivity index (χ4n) is 3.37. The summed E-state index contributed by atoms with van der Waals surface area (Å²) in [4.78, 5) is 3.01. The maximum Gasteiger partial charge on any atom is 0.168 e. The van der Waals surface area contributed by atoms with Crippen molar-refractivity contribution in [2.45, 2.75) is 50.3 Å². The minimum atomic E-state index is -2.47. The van der Waals surface area contributed by atoms with Crippen LogP contribution in [-0.4, -0.2) is 33.0 Å². The lowest BCUT2D eigenvalue weighted by Crippen LogP contribution is -2.36. The van der Waals surface area contributed by atoms with E-state index in [-0.39, 0.29) is 0 Å². The third-order valence-corrected chi connectivity index (χ3v) is 5.19. The monoisotopic (exact) mass is 309 g/mol. The Kier molecular flexibility index (Phi) is 6.24. The highest BCUT2D eigenvalue weighted by molar-refractivity contribution is 7.72. The van der Waals surface area contributed by atoms with Gasteiger partial charge in [-0.25, -0.2) is 8.42 Å². The summed E-state index contributed by atoms with van der Waals surface area (Å²) in [5, 5.41) is 0. The zero-order valence-corrected chi connectivity index (χ0v) is 14.0. The maximum absolute atomic E-state index is 11.1. The summed E-state index contributed by atoms with van der Waals surface area (Å²) in [6, 6.07) is 7.47. The van der Waals surface area contributed by atoms with Gasteiger partial charge in [-0.1, -0.05) is 32.4 Å². The summed E-state index contributed by atoms with van der Waals surface area (Å²) < 4.78 is 22.2. The van der Waals surface area contributed by atoms with Crippen molar-refractivity contribution in [3.8, 4) is 0 Å². The third-order valence-electron chi connectivity index (χ3n) is 4.49. The summed E-state index contributed by atoms with van der Waals surface area (Å²) in [5.74, 6) is 1.29. The highest BCUT2D eigenvalue weighted by atomic mass is 32.2. The lowest BCUT2D eigenvalue weighted by Gasteiger charge is -2.33. The highest BCUT2D eigenvalue weighted by Crippen LogP contribution is 2.29. The van der Waals surface area contributed by atoms with Crippen LogP contribution >= 0.6 is 0 Å². The second kappa shape index (κ2) is 7.95.